The Morgan fingerprint density at radius 3 is 2.55 bits per heavy atom. The smallest absolute Gasteiger partial charge is 0.246 e. The van der Waals surface area contributed by atoms with Gasteiger partial charge in [0.15, 0.2) is 11.5 Å². The van der Waals surface area contributed by atoms with Crippen molar-refractivity contribution in [2.45, 2.75) is 23.8 Å². The second-order valence-corrected chi connectivity index (χ2v) is 6.97. The minimum Gasteiger partial charge on any atom is -0.493 e. The van der Waals surface area contributed by atoms with Gasteiger partial charge in [0.25, 0.3) is 0 Å². The van der Waals surface area contributed by atoms with Crippen LogP contribution < -0.4 is 14.8 Å². The van der Waals surface area contributed by atoms with Crippen molar-refractivity contribution in [1.29, 1.82) is 0 Å². The van der Waals surface area contributed by atoms with E-state index < -0.39 is 15.8 Å². The van der Waals surface area contributed by atoms with Gasteiger partial charge in [-0.15, -0.1) is 0 Å². The van der Waals surface area contributed by atoms with Crippen LogP contribution in [-0.4, -0.2) is 53.1 Å². The number of halogens is 1. The number of likely N-dealkylation sites (N-methyl/N-ethyl adjacent to an activating group) is 1. The molecule has 0 amide bonds. The highest BCUT2D eigenvalue weighted by atomic mass is 32.2. The van der Waals surface area contributed by atoms with Crippen LogP contribution in [0.25, 0.3) is 0 Å². The van der Waals surface area contributed by atoms with Crippen LogP contribution >= 0.6 is 0 Å². The fourth-order valence-corrected chi connectivity index (χ4v) is 4.48. The quantitative estimate of drug-likeness (QED) is 0.848. The van der Waals surface area contributed by atoms with Gasteiger partial charge in [-0.2, -0.15) is 4.31 Å². The molecule has 0 bridgehead atoms. The van der Waals surface area contributed by atoms with Crippen LogP contribution in [0.4, 0.5) is 4.39 Å². The van der Waals surface area contributed by atoms with Gasteiger partial charge in [-0.25, -0.2) is 12.8 Å². The van der Waals surface area contributed by atoms with Crippen molar-refractivity contribution < 1.29 is 22.3 Å². The molecule has 0 radical (unpaired) electrons. The lowest BCUT2D eigenvalue weighted by Crippen LogP contribution is -2.41. The lowest BCUT2D eigenvalue weighted by Gasteiger charge is -2.24. The van der Waals surface area contributed by atoms with Crippen molar-refractivity contribution in [3.63, 3.8) is 0 Å². The summed E-state index contributed by atoms with van der Waals surface area (Å²) in [5, 5.41) is 2.97. The van der Waals surface area contributed by atoms with Gasteiger partial charge >= 0.3 is 0 Å². The predicted octanol–water partition coefficient (Wildman–Crippen LogP) is 1.22. The molecule has 1 fully saturated rings. The SMILES string of the molecule is CNC[C@@H]1CCCN1S(=O)(=O)c1cc(OC)c(OC)cc1F. The first kappa shape index (κ1) is 17.0. The summed E-state index contributed by atoms with van der Waals surface area (Å²) in [6.07, 6.45) is 1.52. The number of rotatable bonds is 6. The third kappa shape index (κ3) is 3.04. The second-order valence-electron chi connectivity index (χ2n) is 5.11. The zero-order valence-corrected chi connectivity index (χ0v) is 13.7. The van der Waals surface area contributed by atoms with Gasteiger partial charge in [-0.3, -0.25) is 0 Å². The number of methoxy groups -OCH3 is 2. The number of nitrogens with one attached hydrogen (secondary N) is 1. The Bertz CT molecular complexity index is 636. The molecule has 1 heterocycles. The highest BCUT2D eigenvalue weighted by Crippen LogP contribution is 2.34. The van der Waals surface area contributed by atoms with E-state index in [-0.39, 0.29) is 22.4 Å². The molecule has 1 aromatic rings. The van der Waals surface area contributed by atoms with Crippen molar-refractivity contribution >= 4 is 10.0 Å². The van der Waals surface area contributed by atoms with Crippen LogP contribution in [0.3, 0.4) is 0 Å². The largest absolute Gasteiger partial charge is 0.493 e. The molecular weight excluding hydrogens is 311 g/mol. The topological polar surface area (TPSA) is 67.9 Å². The van der Waals surface area contributed by atoms with Crippen LogP contribution in [-0.2, 0) is 10.0 Å². The van der Waals surface area contributed by atoms with E-state index in [0.29, 0.717) is 13.1 Å². The van der Waals surface area contributed by atoms with Crippen molar-refractivity contribution in [1.82, 2.24) is 9.62 Å². The van der Waals surface area contributed by atoms with E-state index >= 15 is 0 Å². The second kappa shape index (κ2) is 6.80. The fourth-order valence-electron chi connectivity index (χ4n) is 2.72. The lowest BCUT2D eigenvalue weighted by molar-refractivity contribution is 0.348. The summed E-state index contributed by atoms with van der Waals surface area (Å²) in [5.74, 6) is -0.494. The van der Waals surface area contributed by atoms with E-state index in [1.165, 1.54) is 24.6 Å². The molecule has 1 aromatic carbocycles. The molecule has 0 aromatic heterocycles. The number of hydrogen-bond donors (Lipinski definition) is 1. The van der Waals surface area contributed by atoms with Crippen molar-refractivity contribution in [3.8, 4) is 11.5 Å². The van der Waals surface area contributed by atoms with Crippen LogP contribution in [0.5, 0.6) is 11.5 Å². The molecule has 0 aliphatic carbocycles. The summed E-state index contributed by atoms with van der Waals surface area (Å²) in [6.45, 7) is 0.927. The third-order valence-corrected chi connectivity index (χ3v) is 5.75. The van der Waals surface area contributed by atoms with Gasteiger partial charge in [-0.1, -0.05) is 0 Å². The van der Waals surface area contributed by atoms with Gasteiger partial charge < -0.3 is 14.8 Å². The normalized spacial score (nSPS) is 19.4. The maximum atomic E-state index is 14.3. The molecular formula is C14H21FN2O4S. The summed E-state index contributed by atoms with van der Waals surface area (Å²) in [7, 11) is 0.599. The van der Waals surface area contributed by atoms with E-state index in [0.717, 1.165) is 18.9 Å². The molecule has 1 aliphatic rings. The van der Waals surface area contributed by atoms with Gasteiger partial charge in [0.2, 0.25) is 10.0 Å². The Morgan fingerprint density at radius 1 is 1.32 bits per heavy atom. The summed E-state index contributed by atoms with van der Waals surface area (Å²) in [6, 6.07) is 2.05. The van der Waals surface area contributed by atoms with E-state index in [1.54, 1.807) is 7.05 Å². The average Bonchev–Trinajstić information content (AvgIpc) is 2.96. The first-order valence-corrected chi connectivity index (χ1v) is 8.47. The average molecular weight is 332 g/mol. The van der Waals surface area contributed by atoms with Crippen LogP contribution in [0, 0.1) is 5.82 Å². The molecule has 1 aliphatic heterocycles. The Morgan fingerprint density at radius 2 is 1.95 bits per heavy atom. The lowest BCUT2D eigenvalue weighted by atomic mass is 10.2. The van der Waals surface area contributed by atoms with Gasteiger partial charge in [0, 0.05) is 31.3 Å². The molecule has 0 saturated carbocycles. The van der Waals surface area contributed by atoms with Crippen molar-refractivity contribution in [3.05, 3.63) is 17.9 Å². The van der Waals surface area contributed by atoms with E-state index in [9.17, 15) is 12.8 Å². The molecule has 6 nitrogen and oxygen atoms in total. The number of benzene rings is 1. The zero-order valence-electron chi connectivity index (χ0n) is 12.9. The standard InChI is InChI=1S/C14H21FN2O4S/c1-16-9-10-5-4-6-17(10)22(18,19)14-8-13(21-3)12(20-2)7-11(14)15/h7-8,10,16H,4-6,9H2,1-3H3/t10-/m0/s1. The van der Waals surface area contributed by atoms with Gasteiger partial charge in [0.1, 0.15) is 10.7 Å². The Balaban J connectivity index is 2.45. The van der Waals surface area contributed by atoms with E-state index in [4.69, 9.17) is 9.47 Å². The number of sulfonamides is 1. The molecule has 0 unspecified atom stereocenters. The molecule has 1 atom stereocenters. The highest BCUT2D eigenvalue weighted by Gasteiger charge is 2.37. The molecule has 124 valence electrons. The van der Waals surface area contributed by atoms with Crippen molar-refractivity contribution in [2.24, 2.45) is 0 Å². The summed E-state index contributed by atoms with van der Waals surface area (Å²) >= 11 is 0. The first-order valence-electron chi connectivity index (χ1n) is 7.03. The fraction of sp³-hybridized carbons (Fsp3) is 0.571. The maximum Gasteiger partial charge on any atom is 0.246 e. The molecule has 2 rings (SSSR count). The molecule has 22 heavy (non-hydrogen) atoms. The highest BCUT2D eigenvalue weighted by molar-refractivity contribution is 7.89. The number of hydrogen-bond acceptors (Lipinski definition) is 5. The maximum absolute atomic E-state index is 14.3. The molecule has 0 spiro atoms. The Hall–Kier alpha value is -1.38. The molecule has 1 saturated heterocycles. The third-order valence-electron chi connectivity index (χ3n) is 3.79. The summed E-state index contributed by atoms with van der Waals surface area (Å²) in [5.41, 5.74) is 0. The van der Waals surface area contributed by atoms with Gasteiger partial charge in [0.05, 0.1) is 14.2 Å². The zero-order chi connectivity index (χ0) is 16.3. The Labute approximate surface area is 130 Å². The molecule has 1 N–H and O–H groups in total. The predicted molar refractivity (Wildman–Crippen MR) is 80.3 cm³/mol. The van der Waals surface area contributed by atoms with E-state index in [2.05, 4.69) is 5.32 Å². The monoisotopic (exact) mass is 332 g/mol. The van der Waals surface area contributed by atoms with Crippen LogP contribution in [0.2, 0.25) is 0 Å². The number of ether oxygens (including phenoxy) is 2. The molecule has 8 heteroatoms. The Kier molecular flexibility index (Phi) is 5.25. The first-order chi connectivity index (χ1) is 10.5. The minimum absolute atomic E-state index is 0.159. The number of nitrogens with zero attached hydrogens (tertiary/aromatic N) is 1. The van der Waals surface area contributed by atoms with Gasteiger partial charge in [-0.05, 0) is 19.9 Å². The van der Waals surface area contributed by atoms with Crippen LogP contribution in [0.1, 0.15) is 12.8 Å². The summed E-state index contributed by atoms with van der Waals surface area (Å²) < 4.78 is 51.2. The van der Waals surface area contributed by atoms with Crippen LogP contribution in [0.15, 0.2) is 17.0 Å². The summed E-state index contributed by atoms with van der Waals surface area (Å²) in [4.78, 5) is -0.381. The van der Waals surface area contributed by atoms with Crippen molar-refractivity contribution in [2.75, 3.05) is 34.4 Å². The van der Waals surface area contributed by atoms with E-state index in [1.807, 2.05) is 0 Å². The minimum atomic E-state index is -3.92.